The minimum Gasteiger partial charge on any atom is -0.467 e. The molecule has 1 aromatic heterocycles. The molecule has 4 rings (SSSR count). The first kappa shape index (κ1) is 33.3. The van der Waals surface area contributed by atoms with E-state index in [1.807, 2.05) is 0 Å². The summed E-state index contributed by atoms with van der Waals surface area (Å²) in [5.74, 6) is -4.22. The second-order valence-corrected chi connectivity index (χ2v) is 9.99. The van der Waals surface area contributed by atoms with Gasteiger partial charge in [0.25, 0.3) is 0 Å². The number of carbonyl (C=O) groups is 4. The Morgan fingerprint density at radius 2 is 1.44 bits per heavy atom. The Hall–Kier alpha value is -4.63. The lowest BCUT2D eigenvalue weighted by atomic mass is 9.95. The summed E-state index contributed by atoms with van der Waals surface area (Å²) in [7, 11) is 1.04. The van der Waals surface area contributed by atoms with Crippen LogP contribution in [0, 0.1) is 0 Å². The van der Waals surface area contributed by atoms with Crippen LogP contribution in [0.1, 0.15) is 20.8 Å². The number of anilines is 2. The lowest BCUT2D eigenvalue weighted by Crippen LogP contribution is -2.66. The van der Waals surface area contributed by atoms with Gasteiger partial charge in [0.2, 0.25) is 0 Å². The average Bonchev–Trinajstić information content (AvgIpc) is 2.95. The predicted octanol–water partition coefficient (Wildman–Crippen LogP) is 4.62. The quantitative estimate of drug-likeness (QED) is 0.247. The third kappa shape index (κ3) is 7.91. The van der Waals surface area contributed by atoms with Crippen molar-refractivity contribution in [1.29, 1.82) is 0 Å². The standard InChI is InChI=1S/C29H26ClF3N2O10/c1-14(36)41-23-24(42-15(2)37)26(28(39)40-4)44-27(25(23)43-16(3)38)35(18-9-11-19(12-10-18)45-29(31,32)33)21-13-8-17-6-5-7-20(30)22(17)34-21/h5-13,23-27H,1-4H3/t23-,24-,25+,26-,27+/m0/s1. The first-order valence-corrected chi connectivity index (χ1v) is 13.5. The van der Waals surface area contributed by atoms with Gasteiger partial charge in [-0.15, -0.1) is 13.2 Å². The van der Waals surface area contributed by atoms with Crippen molar-refractivity contribution in [3.63, 3.8) is 0 Å². The number of para-hydroxylation sites is 1. The molecular weight excluding hydrogens is 629 g/mol. The highest BCUT2D eigenvalue weighted by Gasteiger charge is 2.56. The summed E-state index contributed by atoms with van der Waals surface area (Å²) in [5, 5.41) is 0.880. The molecule has 5 atom stereocenters. The maximum absolute atomic E-state index is 13.0. The smallest absolute Gasteiger partial charge is 0.467 e. The number of esters is 4. The maximum atomic E-state index is 13.0. The molecule has 1 fully saturated rings. The van der Waals surface area contributed by atoms with Gasteiger partial charge in [-0.3, -0.25) is 19.3 Å². The van der Waals surface area contributed by atoms with E-state index in [1.165, 1.54) is 23.1 Å². The van der Waals surface area contributed by atoms with Crippen LogP contribution in [0.3, 0.4) is 0 Å². The van der Waals surface area contributed by atoms with Crippen molar-refractivity contribution in [2.45, 2.75) is 57.8 Å². The summed E-state index contributed by atoms with van der Waals surface area (Å²) in [4.78, 5) is 55.6. The number of halogens is 4. The Bertz CT molecular complexity index is 1590. The monoisotopic (exact) mass is 654 g/mol. The summed E-state index contributed by atoms with van der Waals surface area (Å²) >= 11 is 6.41. The molecule has 1 aliphatic rings. The zero-order valence-electron chi connectivity index (χ0n) is 24.1. The molecule has 2 aromatic carbocycles. The molecule has 0 N–H and O–H groups in total. The minimum absolute atomic E-state index is 0.0540. The van der Waals surface area contributed by atoms with Gasteiger partial charge >= 0.3 is 30.2 Å². The van der Waals surface area contributed by atoms with Gasteiger partial charge in [0.1, 0.15) is 11.6 Å². The van der Waals surface area contributed by atoms with Crippen LogP contribution in [0.2, 0.25) is 5.02 Å². The highest BCUT2D eigenvalue weighted by molar-refractivity contribution is 6.35. The Labute approximate surface area is 258 Å². The Morgan fingerprint density at radius 3 is 2.02 bits per heavy atom. The number of hydrogen-bond donors (Lipinski definition) is 0. The first-order chi connectivity index (χ1) is 21.2. The molecule has 1 aliphatic heterocycles. The molecule has 1 saturated heterocycles. The van der Waals surface area contributed by atoms with Gasteiger partial charge < -0.3 is 28.4 Å². The third-order valence-electron chi connectivity index (χ3n) is 6.36. The van der Waals surface area contributed by atoms with Crippen molar-refractivity contribution in [3.8, 4) is 5.75 Å². The van der Waals surface area contributed by atoms with Crippen LogP contribution in [-0.2, 0) is 42.9 Å². The van der Waals surface area contributed by atoms with E-state index in [-0.39, 0.29) is 16.5 Å². The topological polar surface area (TPSA) is 140 Å². The van der Waals surface area contributed by atoms with Gasteiger partial charge in [-0.2, -0.15) is 0 Å². The largest absolute Gasteiger partial charge is 0.573 e. The molecule has 0 radical (unpaired) electrons. The minimum atomic E-state index is -4.97. The SMILES string of the molecule is COC(=O)[C@H]1O[C@@H](N(c2ccc(OC(F)(F)F)cc2)c2ccc3cccc(Cl)c3n2)[C@H](OC(C)=O)[C@@H](OC(C)=O)[C@@H]1OC(C)=O. The second-order valence-electron chi connectivity index (χ2n) is 9.59. The third-order valence-corrected chi connectivity index (χ3v) is 6.66. The summed E-state index contributed by atoms with van der Waals surface area (Å²) in [6.45, 7) is 3.12. The van der Waals surface area contributed by atoms with E-state index in [9.17, 15) is 32.3 Å². The van der Waals surface area contributed by atoms with E-state index in [2.05, 4.69) is 9.72 Å². The number of methoxy groups -OCH3 is 1. The molecule has 16 heteroatoms. The van der Waals surface area contributed by atoms with Gasteiger partial charge in [0.05, 0.1) is 17.6 Å². The van der Waals surface area contributed by atoms with Crippen LogP contribution in [0.5, 0.6) is 5.75 Å². The van der Waals surface area contributed by atoms with Crippen molar-refractivity contribution in [1.82, 2.24) is 4.98 Å². The number of carbonyl (C=O) groups excluding carboxylic acids is 4. The van der Waals surface area contributed by atoms with E-state index < -0.39 is 66.6 Å². The van der Waals surface area contributed by atoms with E-state index >= 15 is 0 Å². The summed E-state index contributed by atoms with van der Waals surface area (Å²) < 4.78 is 70.0. The molecule has 0 spiro atoms. The number of pyridine rings is 1. The fourth-order valence-electron chi connectivity index (χ4n) is 4.76. The van der Waals surface area contributed by atoms with Crippen LogP contribution < -0.4 is 9.64 Å². The summed E-state index contributed by atoms with van der Waals surface area (Å²) in [6, 6.07) is 12.6. The molecule has 12 nitrogen and oxygen atoms in total. The molecule has 0 amide bonds. The van der Waals surface area contributed by atoms with Crippen LogP contribution >= 0.6 is 11.6 Å². The van der Waals surface area contributed by atoms with Crippen molar-refractivity contribution in [3.05, 3.63) is 59.6 Å². The van der Waals surface area contributed by atoms with E-state index in [4.69, 9.17) is 35.3 Å². The molecule has 0 bridgehead atoms. The molecule has 2 heterocycles. The highest BCUT2D eigenvalue weighted by atomic mass is 35.5. The zero-order chi connectivity index (χ0) is 33.1. The number of hydrogen-bond acceptors (Lipinski definition) is 12. The van der Waals surface area contributed by atoms with Gasteiger partial charge in [0, 0.05) is 31.8 Å². The predicted molar refractivity (Wildman–Crippen MR) is 149 cm³/mol. The molecule has 0 saturated carbocycles. The lowest BCUT2D eigenvalue weighted by molar-refractivity contribution is -0.274. The molecule has 240 valence electrons. The van der Waals surface area contributed by atoms with E-state index in [0.717, 1.165) is 40.0 Å². The van der Waals surface area contributed by atoms with Gasteiger partial charge in [-0.1, -0.05) is 23.7 Å². The normalized spacial score (nSPS) is 21.4. The molecule has 0 aliphatic carbocycles. The van der Waals surface area contributed by atoms with Crippen LogP contribution in [0.25, 0.3) is 10.9 Å². The zero-order valence-corrected chi connectivity index (χ0v) is 24.8. The number of ether oxygens (including phenoxy) is 6. The molecule has 0 unspecified atom stereocenters. The fourth-order valence-corrected chi connectivity index (χ4v) is 4.98. The number of benzene rings is 2. The number of fused-ring (bicyclic) bond motifs is 1. The Morgan fingerprint density at radius 1 is 0.844 bits per heavy atom. The van der Waals surface area contributed by atoms with E-state index in [0.29, 0.717) is 10.9 Å². The average molecular weight is 655 g/mol. The van der Waals surface area contributed by atoms with Crippen molar-refractivity contribution < 1.29 is 60.8 Å². The molecule has 45 heavy (non-hydrogen) atoms. The Balaban J connectivity index is 1.96. The lowest BCUT2D eigenvalue weighted by Gasteiger charge is -2.47. The number of aromatic nitrogens is 1. The first-order valence-electron chi connectivity index (χ1n) is 13.1. The number of alkyl halides is 3. The van der Waals surface area contributed by atoms with Crippen LogP contribution in [0.15, 0.2) is 54.6 Å². The number of nitrogens with zero attached hydrogens (tertiary/aromatic N) is 2. The Kier molecular flexibility index (Phi) is 10.0. The molecule has 3 aromatic rings. The van der Waals surface area contributed by atoms with Crippen molar-refractivity contribution in [2.24, 2.45) is 0 Å². The van der Waals surface area contributed by atoms with Gasteiger partial charge in [-0.25, -0.2) is 9.78 Å². The highest BCUT2D eigenvalue weighted by Crippen LogP contribution is 2.39. The van der Waals surface area contributed by atoms with Gasteiger partial charge in [-0.05, 0) is 42.5 Å². The van der Waals surface area contributed by atoms with Crippen LogP contribution in [0.4, 0.5) is 24.7 Å². The van der Waals surface area contributed by atoms with E-state index in [1.54, 1.807) is 24.3 Å². The summed E-state index contributed by atoms with van der Waals surface area (Å²) in [6.07, 6.45) is -13.2. The fraction of sp³-hybridized carbons (Fsp3) is 0.345. The summed E-state index contributed by atoms with van der Waals surface area (Å²) in [5.41, 5.74) is 0.416. The maximum Gasteiger partial charge on any atom is 0.573 e. The van der Waals surface area contributed by atoms with Crippen molar-refractivity contribution in [2.75, 3.05) is 12.0 Å². The molecular formula is C29H26ClF3N2O10. The van der Waals surface area contributed by atoms with Crippen LogP contribution in [-0.4, -0.2) is 73.0 Å². The number of rotatable bonds is 8. The van der Waals surface area contributed by atoms with Crippen molar-refractivity contribution >= 4 is 57.9 Å². The second kappa shape index (κ2) is 13.6. The van der Waals surface area contributed by atoms with Gasteiger partial charge in [0.15, 0.2) is 30.6 Å².